The van der Waals surface area contributed by atoms with E-state index in [9.17, 15) is 0 Å². The zero-order valence-corrected chi connectivity index (χ0v) is 14.6. The number of halogens is 1. The summed E-state index contributed by atoms with van der Waals surface area (Å²) in [6, 6.07) is 16.2. The fourth-order valence-electron chi connectivity index (χ4n) is 2.59. The van der Waals surface area contributed by atoms with Crippen molar-refractivity contribution in [3.05, 3.63) is 82.9 Å². The Morgan fingerprint density at radius 3 is 2.67 bits per heavy atom. The number of rotatable bonds is 6. The molecule has 0 saturated carbocycles. The first-order valence-electron chi connectivity index (χ1n) is 8.07. The predicted molar refractivity (Wildman–Crippen MR) is 97.0 cm³/mol. The highest BCUT2D eigenvalue weighted by molar-refractivity contribution is 6.30. The summed E-state index contributed by atoms with van der Waals surface area (Å²) in [7, 11) is 0. The van der Waals surface area contributed by atoms with Crippen LogP contribution in [0.15, 0.2) is 60.9 Å². The van der Waals surface area contributed by atoms with Crippen molar-refractivity contribution in [2.45, 2.75) is 32.5 Å². The summed E-state index contributed by atoms with van der Waals surface area (Å²) < 4.78 is 1.96. The van der Waals surface area contributed by atoms with Gasteiger partial charge in [-0.15, -0.1) is 0 Å². The third-order valence-corrected chi connectivity index (χ3v) is 4.08. The van der Waals surface area contributed by atoms with Crippen LogP contribution in [0.4, 0.5) is 0 Å². The van der Waals surface area contributed by atoms with Crippen LogP contribution in [0.2, 0.25) is 5.02 Å². The second-order valence-electron chi connectivity index (χ2n) is 6.00. The molecule has 0 aliphatic carbocycles. The van der Waals surface area contributed by atoms with E-state index in [-0.39, 0.29) is 6.04 Å². The number of nitrogens with one attached hydrogen (secondary N) is 1. The van der Waals surface area contributed by atoms with E-state index in [2.05, 4.69) is 35.3 Å². The van der Waals surface area contributed by atoms with Gasteiger partial charge in [-0.1, -0.05) is 29.8 Å². The fourth-order valence-corrected chi connectivity index (χ4v) is 2.79. The molecule has 1 aromatic carbocycles. The maximum atomic E-state index is 6.17. The average molecular weight is 341 g/mol. The maximum absolute atomic E-state index is 6.17. The Morgan fingerprint density at radius 2 is 2.00 bits per heavy atom. The van der Waals surface area contributed by atoms with Crippen molar-refractivity contribution in [1.82, 2.24) is 20.1 Å². The van der Waals surface area contributed by atoms with Crippen LogP contribution in [0.1, 0.15) is 42.9 Å². The van der Waals surface area contributed by atoms with E-state index >= 15 is 0 Å². The lowest BCUT2D eigenvalue weighted by Crippen LogP contribution is -2.23. The van der Waals surface area contributed by atoms with Gasteiger partial charge < -0.3 is 0 Å². The molecule has 0 aliphatic heterocycles. The molecule has 2 aromatic heterocycles. The Kier molecular flexibility index (Phi) is 5.28. The first-order valence-corrected chi connectivity index (χ1v) is 8.45. The largest absolute Gasteiger partial charge is 0.299 e. The van der Waals surface area contributed by atoms with Gasteiger partial charge >= 0.3 is 0 Å². The van der Waals surface area contributed by atoms with Gasteiger partial charge in [-0.2, -0.15) is 5.10 Å². The molecule has 3 rings (SSSR count). The molecule has 0 saturated heterocycles. The van der Waals surface area contributed by atoms with Crippen molar-refractivity contribution >= 4 is 11.6 Å². The monoisotopic (exact) mass is 340 g/mol. The second-order valence-corrected chi connectivity index (χ2v) is 6.44. The normalized spacial score (nSPS) is 12.5. The first-order chi connectivity index (χ1) is 11.6. The second kappa shape index (κ2) is 7.60. The highest BCUT2D eigenvalue weighted by Gasteiger charge is 2.16. The molecular weight excluding hydrogens is 320 g/mol. The van der Waals surface area contributed by atoms with Crippen molar-refractivity contribution in [3.8, 4) is 0 Å². The number of aromatic nitrogens is 3. The summed E-state index contributed by atoms with van der Waals surface area (Å²) in [4.78, 5) is 4.50. The summed E-state index contributed by atoms with van der Waals surface area (Å²) in [5.74, 6) is 0. The van der Waals surface area contributed by atoms with Crippen molar-refractivity contribution in [2.24, 2.45) is 0 Å². The van der Waals surface area contributed by atoms with E-state index in [1.807, 2.05) is 59.5 Å². The highest BCUT2D eigenvalue weighted by atomic mass is 35.5. The molecule has 5 heteroatoms. The molecule has 0 unspecified atom stereocenters. The van der Waals surface area contributed by atoms with Gasteiger partial charge in [0, 0.05) is 30.0 Å². The molecule has 0 fully saturated rings. The van der Waals surface area contributed by atoms with Crippen molar-refractivity contribution < 1.29 is 0 Å². The lowest BCUT2D eigenvalue weighted by Gasteiger charge is -2.18. The fraction of sp³-hybridized carbons (Fsp3) is 0.263. The summed E-state index contributed by atoms with van der Waals surface area (Å²) in [5.41, 5.74) is 3.05. The van der Waals surface area contributed by atoms with Crippen LogP contribution in [0.25, 0.3) is 0 Å². The van der Waals surface area contributed by atoms with Gasteiger partial charge in [-0.25, -0.2) is 0 Å². The Labute approximate surface area is 147 Å². The van der Waals surface area contributed by atoms with E-state index in [4.69, 9.17) is 11.6 Å². The Balaban J connectivity index is 1.82. The molecule has 4 nitrogen and oxygen atoms in total. The van der Waals surface area contributed by atoms with Crippen molar-refractivity contribution in [2.75, 3.05) is 0 Å². The molecule has 0 aliphatic rings. The Hall–Kier alpha value is -2.17. The third kappa shape index (κ3) is 4.02. The van der Waals surface area contributed by atoms with Gasteiger partial charge in [0.1, 0.15) is 0 Å². The highest BCUT2D eigenvalue weighted by Crippen LogP contribution is 2.23. The smallest absolute Gasteiger partial charge is 0.0762 e. The Morgan fingerprint density at radius 1 is 1.12 bits per heavy atom. The van der Waals surface area contributed by atoms with E-state index in [0.717, 1.165) is 22.0 Å². The minimum absolute atomic E-state index is 0.0332. The van der Waals surface area contributed by atoms with Crippen LogP contribution >= 0.6 is 11.6 Å². The Bertz CT molecular complexity index is 783. The van der Waals surface area contributed by atoms with Gasteiger partial charge in [0.2, 0.25) is 0 Å². The van der Waals surface area contributed by atoms with Crippen LogP contribution in [0.3, 0.4) is 0 Å². The first kappa shape index (κ1) is 16.7. The van der Waals surface area contributed by atoms with Crippen LogP contribution in [-0.4, -0.2) is 14.8 Å². The van der Waals surface area contributed by atoms with Gasteiger partial charge in [0.05, 0.1) is 17.4 Å². The molecule has 0 bridgehead atoms. The summed E-state index contributed by atoms with van der Waals surface area (Å²) >= 11 is 6.17. The molecule has 1 atom stereocenters. The van der Waals surface area contributed by atoms with Crippen LogP contribution in [0, 0.1) is 0 Å². The third-order valence-electron chi connectivity index (χ3n) is 3.85. The van der Waals surface area contributed by atoms with Gasteiger partial charge in [-0.3, -0.25) is 15.0 Å². The van der Waals surface area contributed by atoms with E-state index < -0.39 is 0 Å². The molecule has 3 aromatic rings. The molecule has 24 heavy (non-hydrogen) atoms. The van der Waals surface area contributed by atoms with Crippen molar-refractivity contribution in [1.29, 1.82) is 0 Å². The molecule has 0 spiro atoms. The molecule has 1 N–H and O–H groups in total. The summed E-state index contributed by atoms with van der Waals surface area (Å²) in [5, 5.41) is 8.87. The maximum Gasteiger partial charge on any atom is 0.0762 e. The number of pyridine rings is 1. The molecule has 124 valence electrons. The molecule has 0 amide bonds. The lowest BCUT2D eigenvalue weighted by atomic mass is 10.0. The van der Waals surface area contributed by atoms with E-state index in [1.165, 1.54) is 0 Å². The minimum Gasteiger partial charge on any atom is -0.299 e. The molecular formula is C19H21ClN4. The molecule has 2 heterocycles. The summed E-state index contributed by atoms with van der Waals surface area (Å²) in [6.45, 7) is 4.90. The van der Waals surface area contributed by atoms with Crippen molar-refractivity contribution in [3.63, 3.8) is 0 Å². The summed E-state index contributed by atoms with van der Waals surface area (Å²) in [6.07, 6.45) is 3.82. The number of benzene rings is 1. The zero-order valence-electron chi connectivity index (χ0n) is 13.9. The standard InChI is InChI=1S/C19H21ClN4/c1-14(2)24-11-9-17(23-24)13-22-19(18-8-3-4-10-21-18)15-6-5-7-16(20)12-15/h3-12,14,19,22H,13H2,1-2H3/t19-/m1/s1. The average Bonchev–Trinajstić information content (AvgIpc) is 3.05. The quantitative estimate of drug-likeness (QED) is 0.723. The van der Waals surface area contributed by atoms with E-state index in [0.29, 0.717) is 12.6 Å². The van der Waals surface area contributed by atoms with Gasteiger partial charge in [0.15, 0.2) is 0 Å². The van der Waals surface area contributed by atoms with Crippen LogP contribution in [-0.2, 0) is 6.54 Å². The number of hydrogen-bond acceptors (Lipinski definition) is 3. The predicted octanol–water partition coefficient (Wildman–Crippen LogP) is 4.39. The zero-order chi connectivity index (χ0) is 16.9. The van der Waals surface area contributed by atoms with Gasteiger partial charge in [-0.05, 0) is 49.7 Å². The van der Waals surface area contributed by atoms with Crippen LogP contribution in [0.5, 0.6) is 0 Å². The topological polar surface area (TPSA) is 42.7 Å². The number of nitrogens with zero attached hydrogens (tertiary/aromatic N) is 3. The minimum atomic E-state index is -0.0332. The SMILES string of the molecule is CC(C)n1ccc(CN[C@H](c2cccc(Cl)c2)c2ccccn2)n1. The van der Waals surface area contributed by atoms with E-state index in [1.54, 1.807) is 0 Å². The van der Waals surface area contributed by atoms with Gasteiger partial charge in [0.25, 0.3) is 0 Å². The molecule has 0 radical (unpaired) electrons. The van der Waals surface area contributed by atoms with Crippen LogP contribution < -0.4 is 5.32 Å². The lowest BCUT2D eigenvalue weighted by molar-refractivity contribution is 0.515. The number of hydrogen-bond donors (Lipinski definition) is 1.